The fraction of sp³-hybridized carbons (Fsp3) is 0.350. The van der Waals surface area contributed by atoms with Crippen molar-refractivity contribution in [1.82, 2.24) is 10.6 Å². The number of fused-ring (bicyclic) bond motifs is 1. The van der Waals surface area contributed by atoms with E-state index in [9.17, 15) is 4.79 Å². The topological polar surface area (TPSA) is 50.4 Å². The van der Waals surface area contributed by atoms with Crippen molar-refractivity contribution in [2.24, 2.45) is 0 Å². The lowest BCUT2D eigenvalue weighted by atomic mass is 10.1. The van der Waals surface area contributed by atoms with Crippen LogP contribution in [0.5, 0.6) is 5.75 Å². The molecule has 0 fully saturated rings. The normalized spacial score (nSPS) is 13.5. The number of halogens is 1. The Kier molecular flexibility index (Phi) is 6.85. The summed E-state index contributed by atoms with van der Waals surface area (Å²) < 4.78 is 5.90. The summed E-state index contributed by atoms with van der Waals surface area (Å²) in [6, 6.07) is 14.2. The molecule has 1 unspecified atom stereocenters. The molecule has 1 heterocycles. The summed E-state index contributed by atoms with van der Waals surface area (Å²) in [6.07, 6.45) is 0.163. The van der Waals surface area contributed by atoms with E-state index in [1.54, 1.807) is 0 Å². The number of hydrogen-bond acceptors (Lipinski definition) is 3. The van der Waals surface area contributed by atoms with Crippen molar-refractivity contribution < 1.29 is 9.53 Å². The van der Waals surface area contributed by atoms with Crippen molar-refractivity contribution >= 4 is 18.3 Å². The van der Waals surface area contributed by atoms with E-state index in [-0.39, 0.29) is 18.3 Å². The third-order valence-electron chi connectivity index (χ3n) is 4.39. The molecule has 1 amide bonds. The molecule has 1 aliphatic rings. The Bertz CT molecular complexity index is 733. The lowest BCUT2D eigenvalue weighted by molar-refractivity contribution is -0.128. The minimum Gasteiger partial charge on any atom is -0.480 e. The van der Waals surface area contributed by atoms with Crippen LogP contribution in [0, 0.1) is 6.92 Å². The van der Waals surface area contributed by atoms with Crippen LogP contribution in [0.4, 0.5) is 0 Å². The number of ether oxygens (including phenoxy) is 1. The minimum absolute atomic E-state index is 0. The van der Waals surface area contributed by atoms with E-state index in [4.69, 9.17) is 4.74 Å². The molecule has 2 aromatic rings. The monoisotopic (exact) mass is 360 g/mol. The average molecular weight is 361 g/mol. The van der Waals surface area contributed by atoms with Crippen molar-refractivity contribution in [3.05, 3.63) is 64.7 Å². The molecule has 0 aromatic heterocycles. The number of nitrogens with one attached hydrogen (secondary N) is 2. The van der Waals surface area contributed by atoms with Gasteiger partial charge in [0.1, 0.15) is 5.75 Å². The Morgan fingerprint density at radius 2 is 1.96 bits per heavy atom. The van der Waals surface area contributed by atoms with Crippen LogP contribution in [0.25, 0.3) is 0 Å². The van der Waals surface area contributed by atoms with E-state index in [2.05, 4.69) is 28.8 Å². The lowest BCUT2D eigenvalue weighted by Crippen LogP contribution is -2.37. The average Bonchev–Trinajstić information content (AvgIpc) is 3.06. The smallest absolute Gasteiger partial charge is 0.261 e. The van der Waals surface area contributed by atoms with Gasteiger partial charge < -0.3 is 15.4 Å². The summed E-state index contributed by atoms with van der Waals surface area (Å²) in [6.45, 7) is 6.32. The second-order valence-electron chi connectivity index (χ2n) is 6.20. The molecule has 1 aliphatic heterocycles. The highest BCUT2D eigenvalue weighted by atomic mass is 35.5. The predicted octanol–water partition coefficient (Wildman–Crippen LogP) is 3.49. The molecule has 2 N–H and O–H groups in total. The number of benzene rings is 2. The second kappa shape index (κ2) is 8.88. The summed E-state index contributed by atoms with van der Waals surface area (Å²) >= 11 is 0. The van der Waals surface area contributed by atoms with Crippen molar-refractivity contribution in [3.8, 4) is 5.75 Å². The van der Waals surface area contributed by atoms with Gasteiger partial charge >= 0.3 is 0 Å². The summed E-state index contributed by atoms with van der Waals surface area (Å²) in [7, 11) is 0. The van der Waals surface area contributed by atoms with Gasteiger partial charge in [-0.3, -0.25) is 4.79 Å². The zero-order valence-corrected chi connectivity index (χ0v) is 15.5. The third kappa shape index (κ3) is 4.74. The molecule has 1 atom stereocenters. The van der Waals surface area contributed by atoms with Crippen LogP contribution in [0.2, 0.25) is 0 Å². The zero-order chi connectivity index (χ0) is 16.9. The van der Waals surface area contributed by atoms with Gasteiger partial charge in [0.25, 0.3) is 5.91 Å². The molecule has 0 bridgehead atoms. The van der Waals surface area contributed by atoms with E-state index in [1.807, 2.05) is 38.1 Å². The van der Waals surface area contributed by atoms with Crippen LogP contribution in [-0.4, -0.2) is 12.0 Å². The SMILES string of the molecule is CCC(Oc1ccccc1C)C(=O)NCc1ccc2c(c1)CNC2.Cl. The summed E-state index contributed by atoms with van der Waals surface area (Å²) in [4.78, 5) is 12.4. The van der Waals surface area contributed by atoms with E-state index in [1.165, 1.54) is 11.1 Å². The lowest BCUT2D eigenvalue weighted by Gasteiger charge is -2.18. The van der Waals surface area contributed by atoms with Gasteiger partial charge in [0.2, 0.25) is 0 Å². The largest absolute Gasteiger partial charge is 0.480 e. The number of rotatable bonds is 6. The number of hydrogen-bond donors (Lipinski definition) is 2. The van der Waals surface area contributed by atoms with Gasteiger partial charge in [0, 0.05) is 19.6 Å². The van der Waals surface area contributed by atoms with Crippen LogP contribution in [0.1, 0.15) is 35.6 Å². The van der Waals surface area contributed by atoms with Gasteiger partial charge in [-0.25, -0.2) is 0 Å². The van der Waals surface area contributed by atoms with E-state index >= 15 is 0 Å². The third-order valence-corrected chi connectivity index (χ3v) is 4.39. The van der Waals surface area contributed by atoms with Crippen LogP contribution in [-0.2, 0) is 24.4 Å². The van der Waals surface area contributed by atoms with Gasteiger partial charge in [-0.05, 0) is 41.7 Å². The number of amides is 1. The maximum atomic E-state index is 12.4. The van der Waals surface area contributed by atoms with Gasteiger partial charge in [0.05, 0.1) is 0 Å². The van der Waals surface area contributed by atoms with Crippen LogP contribution in [0.15, 0.2) is 42.5 Å². The van der Waals surface area contributed by atoms with Crippen LogP contribution >= 0.6 is 12.4 Å². The standard InChI is InChI=1S/C20H24N2O2.ClH/c1-3-18(24-19-7-5-4-6-14(19)2)20(23)22-11-15-8-9-16-12-21-13-17(16)10-15;/h4-10,18,21H,3,11-13H2,1-2H3,(H,22,23);1H. The minimum atomic E-state index is -0.470. The Morgan fingerprint density at radius 1 is 1.20 bits per heavy atom. The maximum absolute atomic E-state index is 12.4. The first-order chi connectivity index (χ1) is 11.7. The second-order valence-corrected chi connectivity index (χ2v) is 6.20. The molecule has 134 valence electrons. The molecule has 0 radical (unpaired) electrons. The molecule has 0 saturated heterocycles. The Balaban J connectivity index is 0.00000225. The summed E-state index contributed by atoms with van der Waals surface area (Å²) in [5.41, 5.74) is 4.83. The van der Waals surface area contributed by atoms with Crippen molar-refractivity contribution in [1.29, 1.82) is 0 Å². The highest BCUT2D eigenvalue weighted by Gasteiger charge is 2.19. The van der Waals surface area contributed by atoms with Gasteiger partial charge in [-0.2, -0.15) is 0 Å². The quantitative estimate of drug-likeness (QED) is 0.829. The molecule has 3 rings (SSSR count). The van der Waals surface area contributed by atoms with Gasteiger partial charge in [-0.1, -0.05) is 43.3 Å². The predicted molar refractivity (Wildman–Crippen MR) is 102 cm³/mol. The van der Waals surface area contributed by atoms with E-state index < -0.39 is 6.10 Å². The van der Waals surface area contributed by atoms with Gasteiger partial charge in [0.15, 0.2) is 6.10 Å². The molecule has 0 aliphatic carbocycles. The number of aryl methyl sites for hydroxylation is 1. The summed E-state index contributed by atoms with van der Waals surface area (Å²) in [5, 5.41) is 6.33. The fourth-order valence-corrected chi connectivity index (χ4v) is 2.93. The van der Waals surface area contributed by atoms with E-state index in [0.29, 0.717) is 13.0 Å². The molecule has 0 saturated carbocycles. The molecule has 2 aromatic carbocycles. The molecular weight excluding hydrogens is 336 g/mol. The molecular formula is C20H25ClN2O2. The molecule has 4 nitrogen and oxygen atoms in total. The van der Waals surface area contributed by atoms with Crippen molar-refractivity contribution in [3.63, 3.8) is 0 Å². The maximum Gasteiger partial charge on any atom is 0.261 e. The van der Waals surface area contributed by atoms with Crippen molar-refractivity contribution in [2.45, 2.75) is 46.0 Å². The highest BCUT2D eigenvalue weighted by molar-refractivity contribution is 5.85. The van der Waals surface area contributed by atoms with Gasteiger partial charge in [-0.15, -0.1) is 12.4 Å². The Morgan fingerprint density at radius 3 is 2.72 bits per heavy atom. The summed E-state index contributed by atoms with van der Waals surface area (Å²) in [5.74, 6) is 0.697. The van der Waals surface area contributed by atoms with Crippen LogP contribution in [0.3, 0.4) is 0 Å². The molecule has 5 heteroatoms. The van der Waals surface area contributed by atoms with Crippen LogP contribution < -0.4 is 15.4 Å². The van der Waals surface area contributed by atoms with E-state index in [0.717, 1.165) is 30.0 Å². The van der Waals surface area contributed by atoms with Crippen molar-refractivity contribution in [2.75, 3.05) is 0 Å². The molecule has 0 spiro atoms. The molecule has 25 heavy (non-hydrogen) atoms. The first kappa shape index (κ1) is 19.3. The first-order valence-electron chi connectivity index (χ1n) is 8.48. The number of carbonyl (C=O) groups excluding carboxylic acids is 1. The Labute approximate surface area is 155 Å². The zero-order valence-electron chi connectivity index (χ0n) is 14.7. The Hall–Kier alpha value is -2.04. The fourth-order valence-electron chi connectivity index (χ4n) is 2.93. The first-order valence-corrected chi connectivity index (χ1v) is 8.48. The number of carbonyl (C=O) groups is 1. The number of para-hydroxylation sites is 1. The highest BCUT2D eigenvalue weighted by Crippen LogP contribution is 2.19.